The highest BCUT2D eigenvalue weighted by molar-refractivity contribution is 6.30. The third-order valence-electron chi connectivity index (χ3n) is 5.04. The van der Waals surface area contributed by atoms with Crippen LogP contribution in [0.25, 0.3) is 17.2 Å². The number of nitro groups is 1. The fourth-order valence-electron chi connectivity index (χ4n) is 3.68. The summed E-state index contributed by atoms with van der Waals surface area (Å²) in [5.41, 5.74) is 4.54. The van der Waals surface area contributed by atoms with Crippen LogP contribution < -0.4 is 5.32 Å². The molecule has 1 N–H and O–H groups in total. The van der Waals surface area contributed by atoms with Gasteiger partial charge in [-0.2, -0.15) is 0 Å². The number of ether oxygens (including phenoxy) is 1. The highest BCUT2D eigenvalue weighted by Crippen LogP contribution is 2.44. The standard InChI is InChI=1S/C23H18ClN3O4/c24-15-12-22(27(29)30)21(26-13-15)10-5-11-25-23(28)31-14-20-18-8-3-1-6-16(18)17-7-2-4-9-19(17)20/h1-10,12-13,20H,11,14H2,(H,25,28). The largest absolute Gasteiger partial charge is 0.449 e. The molecule has 3 aromatic rings. The van der Waals surface area contributed by atoms with Crippen LogP contribution in [0.4, 0.5) is 10.5 Å². The Morgan fingerprint density at radius 3 is 2.45 bits per heavy atom. The maximum Gasteiger partial charge on any atom is 0.407 e. The van der Waals surface area contributed by atoms with Crippen molar-refractivity contribution in [2.45, 2.75) is 5.92 Å². The summed E-state index contributed by atoms with van der Waals surface area (Å²) in [6.45, 7) is 0.353. The molecule has 0 saturated carbocycles. The molecular weight excluding hydrogens is 418 g/mol. The Morgan fingerprint density at radius 2 is 1.81 bits per heavy atom. The molecule has 1 aromatic heterocycles. The molecule has 7 nitrogen and oxygen atoms in total. The van der Waals surface area contributed by atoms with Gasteiger partial charge in [0.15, 0.2) is 0 Å². The Balaban J connectivity index is 1.35. The van der Waals surface area contributed by atoms with Crippen LogP contribution in [0.1, 0.15) is 22.7 Å². The summed E-state index contributed by atoms with van der Waals surface area (Å²) >= 11 is 5.75. The van der Waals surface area contributed by atoms with Crippen LogP contribution in [0.5, 0.6) is 0 Å². The van der Waals surface area contributed by atoms with E-state index in [-0.39, 0.29) is 35.5 Å². The average Bonchev–Trinajstić information content (AvgIpc) is 3.10. The maximum absolute atomic E-state index is 12.1. The van der Waals surface area contributed by atoms with E-state index in [1.165, 1.54) is 18.3 Å². The Kier molecular flexibility index (Phi) is 5.95. The summed E-state index contributed by atoms with van der Waals surface area (Å²) in [5, 5.41) is 13.9. The van der Waals surface area contributed by atoms with Crippen LogP contribution in [0, 0.1) is 10.1 Å². The topological polar surface area (TPSA) is 94.4 Å². The lowest BCUT2D eigenvalue weighted by Gasteiger charge is -2.14. The lowest BCUT2D eigenvalue weighted by molar-refractivity contribution is -0.385. The highest BCUT2D eigenvalue weighted by Gasteiger charge is 2.28. The van der Waals surface area contributed by atoms with Crippen molar-refractivity contribution < 1.29 is 14.5 Å². The van der Waals surface area contributed by atoms with Crippen molar-refractivity contribution in [3.63, 3.8) is 0 Å². The number of nitrogens with one attached hydrogen (secondary N) is 1. The monoisotopic (exact) mass is 435 g/mol. The Hall–Kier alpha value is -3.71. The fraction of sp³-hybridized carbons (Fsp3) is 0.130. The molecule has 0 saturated heterocycles. The number of amides is 1. The highest BCUT2D eigenvalue weighted by atomic mass is 35.5. The first kappa shape index (κ1) is 20.6. The van der Waals surface area contributed by atoms with E-state index in [2.05, 4.69) is 34.6 Å². The number of benzene rings is 2. The second-order valence-electron chi connectivity index (χ2n) is 6.92. The van der Waals surface area contributed by atoms with E-state index in [0.29, 0.717) is 0 Å². The van der Waals surface area contributed by atoms with Gasteiger partial charge in [0.25, 0.3) is 5.69 Å². The number of halogens is 1. The van der Waals surface area contributed by atoms with Gasteiger partial charge in [-0.15, -0.1) is 0 Å². The van der Waals surface area contributed by atoms with E-state index in [9.17, 15) is 14.9 Å². The molecule has 0 bridgehead atoms. The number of carbonyl (C=O) groups is 1. The molecule has 0 atom stereocenters. The van der Waals surface area contributed by atoms with Gasteiger partial charge < -0.3 is 10.1 Å². The van der Waals surface area contributed by atoms with Crippen LogP contribution in [-0.2, 0) is 4.74 Å². The minimum Gasteiger partial charge on any atom is -0.449 e. The Labute approximate surface area is 183 Å². The predicted octanol–water partition coefficient (Wildman–Crippen LogP) is 5.20. The number of fused-ring (bicyclic) bond motifs is 3. The van der Waals surface area contributed by atoms with Gasteiger partial charge in [-0.25, -0.2) is 9.78 Å². The molecule has 1 amide bonds. The van der Waals surface area contributed by atoms with Gasteiger partial charge in [0.2, 0.25) is 0 Å². The van der Waals surface area contributed by atoms with Gasteiger partial charge in [-0.1, -0.05) is 66.2 Å². The van der Waals surface area contributed by atoms with Crippen LogP contribution in [0.15, 0.2) is 66.9 Å². The van der Waals surface area contributed by atoms with E-state index in [4.69, 9.17) is 16.3 Å². The molecule has 4 rings (SSSR count). The summed E-state index contributed by atoms with van der Waals surface area (Å²) in [4.78, 5) is 26.6. The number of pyridine rings is 1. The maximum atomic E-state index is 12.1. The first-order valence-electron chi connectivity index (χ1n) is 9.60. The molecule has 0 unspecified atom stereocenters. The van der Waals surface area contributed by atoms with Crippen LogP contribution in [0.2, 0.25) is 5.02 Å². The molecule has 0 aliphatic heterocycles. The van der Waals surface area contributed by atoms with Crippen molar-refractivity contribution in [1.29, 1.82) is 0 Å². The van der Waals surface area contributed by atoms with E-state index in [1.807, 2.05) is 24.3 Å². The van der Waals surface area contributed by atoms with Gasteiger partial charge >= 0.3 is 6.09 Å². The van der Waals surface area contributed by atoms with Gasteiger partial charge in [0, 0.05) is 24.7 Å². The SMILES string of the molecule is O=C(NCC=Cc1ncc(Cl)cc1[N+](=O)[O-])OCC1c2ccccc2-c2ccccc21. The second-order valence-corrected chi connectivity index (χ2v) is 7.36. The van der Waals surface area contributed by atoms with Gasteiger partial charge in [-0.05, 0) is 28.3 Å². The van der Waals surface area contributed by atoms with Crippen LogP contribution in [0.3, 0.4) is 0 Å². The lowest BCUT2D eigenvalue weighted by atomic mass is 9.98. The second kappa shape index (κ2) is 8.97. The number of rotatable bonds is 6. The van der Waals surface area contributed by atoms with Crippen molar-refractivity contribution in [2.24, 2.45) is 0 Å². The number of nitrogens with zero attached hydrogens (tertiary/aromatic N) is 2. The number of hydrogen-bond acceptors (Lipinski definition) is 5. The summed E-state index contributed by atoms with van der Waals surface area (Å²) in [6, 6.07) is 17.4. The summed E-state index contributed by atoms with van der Waals surface area (Å²) in [5.74, 6) is -0.0189. The quantitative estimate of drug-likeness (QED) is 0.424. The third kappa shape index (κ3) is 4.41. The first-order valence-corrected chi connectivity index (χ1v) is 9.97. The zero-order valence-corrected chi connectivity index (χ0v) is 17.1. The average molecular weight is 436 g/mol. The molecule has 156 valence electrons. The molecule has 0 spiro atoms. The van der Waals surface area contributed by atoms with Crippen LogP contribution >= 0.6 is 11.6 Å². The predicted molar refractivity (Wildman–Crippen MR) is 118 cm³/mol. The van der Waals surface area contributed by atoms with Crippen LogP contribution in [-0.4, -0.2) is 29.2 Å². The molecule has 1 heterocycles. The molecule has 2 aromatic carbocycles. The number of hydrogen-bond donors (Lipinski definition) is 1. The molecule has 1 aliphatic rings. The number of carbonyl (C=O) groups excluding carboxylic acids is 1. The van der Waals surface area contributed by atoms with Crippen molar-refractivity contribution in [3.05, 3.63) is 98.8 Å². The normalized spacial score (nSPS) is 12.4. The summed E-state index contributed by atoms with van der Waals surface area (Å²) in [6.07, 6.45) is 3.78. The van der Waals surface area contributed by atoms with Gasteiger partial charge in [0.1, 0.15) is 12.3 Å². The minimum absolute atomic E-state index is 0.0189. The number of aromatic nitrogens is 1. The molecule has 0 fully saturated rings. The fourth-order valence-corrected chi connectivity index (χ4v) is 3.83. The zero-order chi connectivity index (χ0) is 21.8. The number of alkyl carbamates (subject to hydrolysis) is 1. The minimum atomic E-state index is -0.565. The Bertz CT molecular complexity index is 1130. The van der Waals surface area contributed by atoms with Gasteiger partial charge in [0.05, 0.1) is 9.95 Å². The van der Waals surface area contributed by atoms with E-state index in [1.54, 1.807) is 6.08 Å². The summed E-state index contributed by atoms with van der Waals surface area (Å²) in [7, 11) is 0. The molecule has 8 heteroatoms. The zero-order valence-electron chi connectivity index (χ0n) is 16.3. The Morgan fingerprint density at radius 1 is 1.16 bits per heavy atom. The van der Waals surface area contributed by atoms with Crippen molar-refractivity contribution in [3.8, 4) is 11.1 Å². The van der Waals surface area contributed by atoms with Crippen molar-refractivity contribution in [1.82, 2.24) is 10.3 Å². The molecule has 1 aliphatic carbocycles. The lowest BCUT2D eigenvalue weighted by Crippen LogP contribution is -2.26. The summed E-state index contributed by atoms with van der Waals surface area (Å²) < 4.78 is 5.44. The molecular formula is C23H18ClN3O4. The van der Waals surface area contributed by atoms with E-state index in [0.717, 1.165) is 22.3 Å². The smallest absolute Gasteiger partial charge is 0.407 e. The third-order valence-corrected chi connectivity index (χ3v) is 5.25. The molecule has 31 heavy (non-hydrogen) atoms. The first-order chi connectivity index (χ1) is 15.0. The van der Waals surface area contributed by atoms with Gasteiger partial charge in [-0.3, -0.25) is 10.1 Å². The van der Waals surface area contributed by atoms with Crippen molar-refractivity contribution >= 4 is 29.5 Å². The molecule has 0 radical (unpaired) electrons. The van der Waals surface area contributed by atoms with E-state index >= 15 is 0 Å². The van der Waals surface area contributed by atoms with E-state index < -0.39 is 11.0 Å². The van der Waals surface area contributed by atoms with Crippen molar-refractivity contribution in [2.75, 3.05) is 13.2 Å².